The molecule has 0 aromatic heterocycles. The van der Waals surface area contributed by atoms with Crippen LogP contribution in [0.25, 0.3) is 0 Å². The fourth-order valence-corrected chi connectivity index (χ4v) is 4.16. The molecule has 0 atom stereocenters. The van der Waals surface area contributed by atoms with Gasteiger partial charge in [-0.15, -0.1) is 0 Å². The Balaban J connectivity index is 1.70. The third-order valence-corrected chi connectivity index (χ3v) is 6.63. The minimum absolute atomic E-state index is 0.192. The van der Waals surface area contributed by atoms with Crippen molar-refractivity contribution in [2.24, 2.45) is 0 Å². The molecule has 1 aliphatic heterocycles. The maximum atomic E-state index is 11.9. The molecule has 1 aliphatic rings. The van der Waals surface area contributed by atoms with E-state index in [9.17, 15) is 8.42 Å². The summed E-state index contributed by atoms with van der Waals surface area (Å²) >= 11 is 0. The molecule has 6 heteroatoms. The van der Waals surface area contributed by atoms with Gasteiger partial charge in [-0.25, -0.2) is 12.7 Å². The van der Waals surface area contributed by atoms with E-state index in [0.717, 1.165) is 38.2 Å². The number of nitrogens with zero attached hydrogens (tertiary/aromatic N) is 1. The Labute approximate surface area is 152 Å². The Bertz CT molecular complexity index is 594. The fourth-order valence-electron chi connectivity index (χ4n) is 3.03. The maximum absolute atomic E-state index is 11.9. The van der Waals surface area contributed by atoms with Gasteiger partial charge in [-0.2, -0.15) is 0 Å². The molecule has 1 saturated heterocycles. The minimum atomic E-state index is -3.04. The van der Waals surface area contributed by atoms with Gasteiger partial charge >= 0.3 is 0 Å². The summed E-state index contributed by atoms with van der Waals surface area (Å²) in [6.45, 7) is 6.73. The molecular formula is C19H32N2O3S. The standard InChI is InChI=1S/C19H32N2O3S/c1-3-5-6-15-24-19-9-7-17(8-10-19)16-20-18-11-13-21(14-12-18)25(22,23)4-2/h7-10,18,20H,3-6,11-16H2,1-2H3. The SMILES string of the molecule is CCCCCOc1ccc(CNC2CCN(S(=O)(=O)CC)CC2)cc1. The first-order chi connectivity index (χ1) is 12.0. The molecule has 142 valence electrons. The van der Waals surface area contributed by atoms with Crippen LogP contribution < -0.4 is 10.1 Å². The summed E-state index contributed by atoms with van der Waals surface area (Å²) in [5, 5.41) is 3.54. The van der Waals surface area contributed by atoms with Crippen molar-refractivity contribution >= 4 is 10.0 Å². The number of ether oxygens (including phenoxy) is 1. The van der Waals surface area contributed by atoms with Crippen molar-refractivity contribution in [1.29, 1.82) is 0 Å². The number of unbranched alkanes of at least 4 members (excludes halogenated alkanes) is 2. The quantitative estimate of drug-likeness (QED) is 0.645. The summed E-state index contributed by atoms with van der Waals surface area (Å²) in [6, 6.07) is 8.63. The Morgan fingerprint density at radius 3 is 2.40 bits per heavy atom. The molecule has 0 amide bonds. The molecule has 0 aliphatic carbocycles. The lowest BCUT2D eigenvalue weighted by Crippen LogP contribution is -2.45. The first-order valence-corrected chi connectivity index (χ1v) is 11.1. The van der Waals surface area contributed by atoms with Gasteiger partial charge in [0.15, 0.2) is 0 Å². The van der Waals surface area contributed by atoms with Crippen molar-refractivity contribution in [3.8, 4) is 5.75 Å². The molecule has 0 saturated carbocycles. The first-order valence-electron chi connectivity index (χ1n) is 9.48. The summed E-state index contributed by atoms with van der Waals surface area (Å²) in [5.41, 5.74) is 1.23. The molecule has 5 nitrogen and oxygen atoms in total. The zero-order chi connectivity index (χ0) is 18.1. The Morgan fingerprint density at radius 1 is 1.12 bits per heavy atom. The van der Waals surface area contributed by atoms with E-state index in [-0.39, 0.29) is 5.75 Å². The van der Waals surface area contributed by atoms with E-state index in [1.807, 2.05) is 12.1 Å². The third kappa shape index (κ3) is 6.60. The van der Waals surface area contributed by atoms with Crippen LogP contribution in [0.5, 0.6) is 5.75 Å². The molecule has 0 radical (unpaired) electrons. The predicted molar refractivity (Wildman–Crippen MR) is 102 cm³/mol. The number of hydrogen-bond acceptors (Lipinski definition) is 4. The smallest absolute Gasteiger partial charge is 0.213 e. The van der Waals surface area contributed by atoms with Gasteiger partial charge in [-0.1, -0.05) is 31.9 Å². The Morgan fingerprint density at radius 2 is 1.80 bits per heavy atom. The van der Waals surface area contributed by atoms with E-state index in [1.165, 1.54) is 18.4 Å². The normalized spacial score (nSPS) is 16.9. The average molecular weight is 369 g/mol. The van der Waals surface area contributed by atoms with Crippen LogP contribution in [0, 0.1) is 0 Å². The molecule has 25 heavy (non-hydrogen) atoms. The van der Waals surface area contributed by atoms with Gasteiger partial charge in [0, 0.05) is 25.7 Å². The summed E-state index contributed by atoms with van der Waals surface area (Å²) in [4.78, 5) is 0. The summed E-state index contributed by atoms with van der Waals surface area (Å²) < 4.78 is 31.1. The number of rotatable bonds is 10. The van der Waals surface area contributed by atoms with Gasteiger partial charge in [-0.3, -0.25) is 0 Å². The monoisotopic (exact) mass is 368 g/mol. The van der Waals surface area contributed by atoms with E-state index in [2.05, 4.69) is 24.4 Å². The molecule has 0 bridgehead atoms. The van der Waals surface area contributed by atoms with Crippen LogP contribution in [0.2, 0.25) is 0 Å². The van der Waals surface area contributed by atoms with Crippen LogP contribution >= 0.6 is 0 Å². The highest BCUT2D eigenvalue weighted by molar-refractivity contribution is 7.89. The van der Waals surface area contributed by atoms with E-state index in [0.29, 0.717) is 19.1 Å². The number of piperidine rings is 1. The number of hydrogen-bond donors (Lipinski definition) is 1. The second-order valence-corrected chi connectivity index (χ2v) is 8.91. The molecule has 1 aromatic carbocycles. The van der Waals surface area contributed by atoms with Crippen molar-refractivity contribution < 1.29 is 13.2 Å². The zero-order valence-electron chi connectivity index (χ0n) is 15.5. The third-order valence-electron chi connectivity index (χ3n) is 4.75. The number of benzene rings is 1. The first kappa shape index (κ1) is 20.2. The second-order valence-electron chi connectivity index (χ2n) is 6.65. The molecule has 2 rings (SSSR count). The minimum Gasteiger partial charge on any atom is -0.494 e. The van der Waals surface area contributed by atoms with Crippen molar-refractivity contribution in [2.45, 2.75) is 58.5 Å². The van der Waals surface area contributed by atoms with Crippen LogP contribution in [0.3, 0.4) is 0 Å². The van der Waals surface area contributed by atoms with Gasteiger partial charge in [0.2, 0.25) is 10.0 Å². The van der Waals surface area contributed by atoms with Gasteiger partial charge < -0.3 is 10.1 Å². The lowest BCUT2D eigenvalue weighted by atomic mass is 10.1. The van der Waals surface area contributed by atoms with Crippen LogP contribution in [0.1, 0.15) is 51.5 Å². The van der Waals surface area contributed by atoms with Crippen molar-refractivity contribution in [3.05, 3.63) is 29.8 Å². The van der Waals surface area contributed by atoms with E-state index in [1.54, 1.807) is 11.2 Å². The molecule has 0 spiro atoms. The van der Waals surface area contributed by atoms with Crippen molar-refractivity contribution in [3.63, 3.8) is 0 Å². The largest absolute Gasteiger partial charge is 0.494 e. The topological polar surface area (TPSA) is 58.6 Å². The van der Waals surface area contributed by atoms with Gasteiger partial charge in [0.25, 0.3) is 0 Å². The van der Waals surface area contributed by atoms with Crippen LogP contribution in [-0.2, 0) is 16.6 Å². The van der Waals surface area contributed by atoms with E-state index >= 15 is 0 Å². The Kier molecular flexibility index (Phi) is 8.19. The average Bonchev–Trinajstić information content (AvgIpc) is 2.65. The lowest BCUT2D eigenvalue weighted by Gasteiger charge is -2.31. The summed E-state index contributed by atoms with van der Waals surface area (Å²) in [6.07, 6.45) is 5.26. The van der Waals surface area contributed by atoms with E-state index < -0.39 is 10.0 Å². The maximum Gasteiger partial charge on any atom is 0.213 e. The van der Waals surface area contributed by atoms with Gasteiger partial charge in [0.1, 0.15) is 5.75 Å². The van der Waals surface area contributed by atoms with Crippen LogP contribution in [0.15, 0.2) is 24.3 Å². The van der Waals surface area contributed by atoms with Crippen molar-refractivity contribution in [1.82, 2.24) is 9.62 Å². The highest BCUT2D eigenvalue weighted by atomic mass is 32.2. The van der Waals surface area contributed by atoms with Gasteiger partial charge in [0.05, 0.1) is 12.4 Å². The van der Waals surface area contributed by atoms with Crippen molar-refractivity contribution in [2.75, 3.05) is 25.4 Å². The van der Waals surface area contributed by atoms with E-state index in [4.69, 9.17) is 4.74 Å². The number of nitrogens with one attached hydrogen (secondary N) is 1. The zero-order valence-corrected chi connectivity index (χ0v) is 16.4. The van der Waals surface area contributed by atoms with Gasteiger partial charge in [-0.05, 0) is 43.9 Å². The fraction of sp³-hybridized carbons (Fsp3) is 0.684. The molecular weight excluding hydrogens is 336 g/mol. The summed E-state index contributed by atoms with van der Waals surface area (Å²) in [7, 11) is -3.04. The molecule has 1 heterocycles. The molecule has 1 aromatic rings. The highest BCUT2D eigenvalue weighted by Crippen LogP contribution is 2.16. The molecule has 0 unspecified atom stereocenters. The van der Waals surface area contributed by atoms with Crippen LogP contribution in [0.4, 0.5) is 0 Å². The summed E-state index contributed by atoms with van der Waals surface area (Å²) in [5.74, 6) is 1.12. The Hall–Kier alpha value is -1.11. The second kappa shape index (κ2) is 10.1. The molecule has 1 fully saturated rings. The predicted octanol–water partition coefficient (Wildman–Crippen LogP) is 3.16. The van der Waals surface area contributed by atoms with Crippen LogP contribution in [-0.4, -0.2) is 44.2 Å². The highest BCUT2D eigenvalue weighted by Gasteiger charge is 2.26. The lowest BCUT2D eigenvalue weighted by molar-refractivity contribution is 0.289. The number of sulfonamides is 1. The molecule has 1 N–H and O–H groups in total.